The molecule has 0 radical (unpaired) electrons. The average molecular weight is 220 g/mol. The van der Waals surface area contributed by atoms with E-state index in [9.17, 15) is 0 Å². The summed E-state index contributed by atoms with van der Waals surface area (Å²) in [6, 6.07) is 0. The molecule has 1 aliphatic carbocycles. The maximum atomic E-state index is 2.48. The van der Waals surface area contributed by atoms with Gasteiger partial charge >= 0.3 is 0 Å². The van der Waals surface area contributed by atoms with Gasteiger partial charge < -0.3 is 0 Å². The lowest BCUT2D eigenvalue weighted by Gasteiger charge is -2.24. The predicted octanol–water partition coefficient (Wildman–Crippen LogP) is 5.36. The van der Waals surface area contributed by atoms with Crippen LogP contribution in [0.25, 0.3) is 0 Å². The minimum Gasteiger partial charge on any atom is -0.0856 e. The van der Waals surface area contributed by atoms with Crippen LogP contribution in [0.3, 0.4) is 0 Å². The summed E-state index contributed by atoms with van der Waals surface area (Å²) in [6.07, 6.45) is 12.5. The molecule has 0 amide bonds. The largest absolute Gasteiger partial charge is 0.0856 e. The van der Waals surface area contributed by atoms with Crippen molar-refractivity contribution in [3.63, 3.8) is 0 Å². The van der Waals surface area contributed by atoms with Crippen LogP contribution in [0, 0.1) is 17.3 Å². The summed E-state index contributed by atoms with van der Waals surface area (Å²) in [5, 5.41) is 0. The van der Waals surface area contributed by atoms with Gasteiger partial charge in [-0.2, -0.15) is 0 Å². The molecule has 0 saturated heterocycles. The molecule has 0 aromatic heterocycles. The molecule has 1 atom stereocenters. The predicted molar refractivity (Wildman–Crippen MR) is 73.5 cm³/mol. The minimum atomic E-state index is 0.362. The fourth-order valence-electron chi connectivity index (χ4n) is 2.31. The molecule has 0 fully saturated rings. The normalized spacial score (nSPS) is 26.6. The van der Waals surface area contributed by atoms with E-state index in [1.165, 1.54) is 25.7 Å². The number of allylic oxidation sites excluding steroid dienone is 4. The Morgan fingerprint density at radius 3 is 2.62 bits per heavy atom. The Balaban J connectivity index is 2.79. The van der Waals surface area contributed by atoms with E-state index >= 15 is 0 Å². The average Bonchev–Trinajstić information content (AvgIpc) is 2.16. The third-order valence-electron chi connectivity index (χ3n) is 3.80. The Morgan fingerprint density at radius 2 is 2.00 bits per heavy atom. The van der Waals surface area contributed by atoms with Crippen molar-refractivity contribution in [2.24, 2.45) is 17.3 Å². The Kier molecular flexibility index (Phi) is 4.83. The van der Waals surface area contributed by atoms with Crippen LogP contribution in [0.4, 0.5) is 0 Å². The van der Waals surface area contributed by atoms with Crippen LogP contribution >= 0.6 is 0 Å². The Morgan fingerprint density at radius 1 is 1.31 bits per heavy atom. The van der Waals surface area contributed by atoms with Gasteiger partial charge in [-0.15, -0.1) is 0 Å². The maximum absolute atomic E-state index is 2.48. The molecule has 0 heteroatoms. The maximum Gasteiger partial charge on any atom is -0.0172 e. The van der Waals surface area contributed by atoms with Crippen LogP contribution in [0.5, 0.6) is 0 Å². The van der Waals surface area contributed by atoms with Gasteiger partial charge in [-0.05, 0) is 49.9 Å². The quantitative estimate of drug-likeness (QED) is 0.522. The fourth-order valence-corrected chi connectivity index (χ4v) is 2.31. The van der Waals surface area contributed by atoms with Crippen molar-refractivity contribution >= 4 is 0 Å². The van der Waals surface area contributed by atoms with Gasteiger partial charge in [0.1, 0.15) is 0 Å². The van der Waals surface area contributed by atoms with Crippen molar-refractivity contribution in [3.8, 4) is 0 Å². The molecule has 0 nitrogen and oxygen atoms in total. The highest BCUT2D eigenvalue weighted by molar-refractivity contribution is 5.05. The van der Waals surface area contributed by atoms with E-state index in [1.807, 2.05) is 0 Å². The Bertz CT molecular complexity index is 266. The van der Waals surface area contributed by atoms with Gasteiger partial charge in [-0.1, -0.05) is 51.5 Å². The molecule has 0 N–H and O–H groups in total. The lowest BCUT2D eigenvalue weighted by Crippen LogP contribution is -2.12. The zero-order chi connectivity index (χ0) is 12.2. The molecule has 0 heterocycles. The molecule has 0 unspecified atom stereocenters. The molecular weight excluding hydrogens is 192 g/mol. The third kappa shape index (κ3) is 4.55. The highest BCUT2D eigenvalue weighted by Crippen LogP contribution is 2.30. The van der Waals surface area contributed by atoms with Crippen LogP contribution in [-0.2, 0) is 0 Å². The van der Waals surface area contributed by atoms with E-state index in [-0.39, 0.29) is 0 Å². The monoisotopic (exact) mass is 220 g/mol. The zero-order valence-corrected chi connectivity index (χ0v) is 11.7. The molecule has 92 valence electrons. The lowest BCUT2D eigenvalue weighted by atomic mass is 9.81. The van der Waals surface area contributed by atoms with Crippen LogP contribution in [-0.4, -0.2) is 0 Å². The van der Waals surface area contributed by atoms with E-state index in [0.717, 1.165) is 11.8 Å². The van der Waals surface area contributed by atoms with Gasteiger partial charge in [0.05, 0.1) is 0 Å². The number of rotatable bonds is 1. The van der Waals surface area contributed by atoms with Crippen molar-refractivity contribution in [1.29, 1.82) is 0 Å². The zero-order valence-electron chi connectivity index (χ0n) is 11.7. The van der Waals surface area contributed by atoms with Crippen LogP contribution in [0.2, 0.25) is 0 Å². The minimum absolute atomic E-state index is 0.362. The topological polar surface area (TPSA) is 0 Å². The highest BCUT2D eigenvalue weighted by Gasteiger charge is 2.17. The second kappa shape index (κ2) is 5.70. The van der Waals surface area contributed by atoms with Crippen LogP contribution < -0.4 is 0 Å². The third-order valence-corrected chi connectivity index (χ3v) is 3.80. The van der Waals surface area contributed by atoms with Crippen molar-refractivity contribution in [3.05, 3.63) is 23.8 Å². The molecule has 1 aliphatic rings. The molecule has 16 heavy (non-hydrogen) atoms. The summed E-state index contributed by atoms with van der Waals surface area (Å²) in [5.74, 6) is 1.51. The fraction of sp³-hybridized carbons (Fsp3) is 0.750. The van der Waals surface area contributed by atoms with E-state index in [1.54, 1.807) is 5.57 Å². The van der Waals surface area contributed by atoms with Crippen molar-refractivity contribution in [2.45, 2.75) is 60.3 Å². The summed E-state index contributed by atoms with van der Waals surface area (Å²) in [7, 11) is 0. The highest BCUT2D eigenvalue weighted by atomic mass is 14.2. The van der Waals surface area contributed by atoms with Crippen LogP contribution in [0.15, 0.2) is 23.8 Å². The van der Waals surface area contributed by atoms with Crippen molar-refractivity contribution in [2.75, 3.05) is 0 Å². The van der Waals surface area contributed by atoms with Gasteiger partial charge in [-0.3, -0.25) is 0 Å². The summed E-state index contributed by atoms with van der Waals surface area (Å²) in [5.41, 5.74) is 1.94. The summed E-state index contributed by atoms with van der Waals surface area (Å²) < 4.78 is 0. The van der Waals surface area contributed by atoms with Crippen LogP contribution in [0.1, 0.15) is 60.3 Å². The summed E-state index contributed by atoms with van der Waals surface area (Å²) in [4.78, 5) is 0. The molecule has 0 saturated carbocycles. The smallest absolute Gasteiger partial charge is 0.0172 e. The molecular formula is C16H28. The van der Waals surface area contributed by atoms with E-state index in [4.69, 9.17) is 0 Å². The standard InChI is InChI=1S/C16H28/c1-13(2)15-9-8-14(3)7-6-11-16(4,5)12-10-15/h7,10,12-13,15H,6,8-9,11H2,1-5H3/t15-/m1/s1. The van der Waals surface area contributed by atoms with Gasteiger partial charge in [0, 0.05) is 0 Å². The first kappa shape index (κ1) is 13.5. The van der Waals surface area contributed by atoms with Gasteiger partial charge in [0.25, 0.3) is 0 Å². The lowest BCUT2D eigenvalue weighted by molar-refractivity contribution is 0.405. The van der Waals surface area contributed by atoms with Crippen molar-refractivity contribution < 1.29 is 0 Å². The first-order valence-electron chi connectivity index (χ1n) is 6.76. The molecule has 1 rings (SSSR count). The van der Waals surface area contributed by atoms with E-state index in [2.05, 4.69) is 52.8 Å². The summed E-state index contributed by atoms with van der Waals surface area (Å²) >= 11 is 0. The van der Waals surface area contributed by atoms with Gasteiger partial charge in [0.2, 0.25) is 0 Å². The first-order valence-corrected chi connectivity index (χ1v) is 6.76. The molecule has 0 bridgehead atoms. The van der Waals surface area contributed by atoms with Gasteiger partial charge in [-0.25, -0.2) is 0 Å². The number of hydrogen-bond donors (Lipinski definition) is 0. The molecule has 0 spiro atoms. The second-order valence-electron chi connectivity index (χ2n) is 6.38. The van der Waals surface area contributed by atoms with E-state index < -0.39 is 0 Å². The Labute approximate surface area is 102 Å². The van der Waals surface area contributed by atoms with E-state index in [0.29, 0.717) is 5.41 Å². The second-order valence-corrected chi connectivity index (χ2v) is 6.38. The number of hydrogen-bond acceptors (Lipinski definition) is 0. The van der Waals surface area contributed by atoms with Crippen molar-refractivity contribution in [1.82, 2.24) is 0 Å². The van der Waals surface area contributed by atoms with Gasteiger partial charge in [0.15, 0.2) is 0 Å². The SMILES string of the molecule is CC1=CCCC(C)(C)C=C[C@H](C(C)C)CC1. The first-order chi connectivity index (χ1) is 7.41. The molecule has 0 aliphatic heterocycles. The molecule has 0 aromatic carbocycles. The molecule has 0 aromatic rings. The Hall–Kier alpha value is -0.520. The summed E-state index contributed by atoms with van der Waals surface area (Å²) in [6.45, 7) is 11.7.